The van der Waals surface area contributed by atoms with Gasteiger partial charge in [-0.3, -0.25) is 0 Å². The summed E-state index contributed by atoms with van der Waals surface area (Å²) in [6, 6.07) is 0. The fourth-order valence-electron chi connectivity index (χ4n) is 0.239. The Labute approximate surface area is 52.9 Å². The minimum Gasteiger partial charge on any atom is -0.463 e. The van der Waals surface area contributed by atoms with Gasteiger partial charge < -0.3 is 4.53 Å². The molecule has 0 amide bonds. The predicted octanol–water partition coefficient (Wildman–Crippen LogP) is 0.921. The van der Waals surface area contributed by atoms with Crippen LogP contribution in [0, 0.1) is 0 Å². The van der Waals surface area contributed by atoms with Crippen molar-refractivity contribution in [3.8, 4) is 0 Å². The SMILES string of the molecule is CC/C(C)=N/O[SiH2]C. The van der Waals surface area contributed by atoms with Crippen LogP contribution in [-0.4, -0.2) is 15.5 Å². The molecule has 0 fully saturated rings. The second-order valence-corrected chi connectivity index (χ2v) is 2.43. The topological polar surface area (TPSA) is 21.6 Å². The maximum atomic E-state index is 4.91. The minimum atomic E-state index is -0.326. The van der Waals surface area contributed by atoms with Crippen molar-refractivity contribution in [2.75, 3.05) is 0 Å². The first-order chi connectivity index (χ1) is 3.81. The van der Waals surface area contributed by atoms with E-state index in [4.69, 9.17) is 4.53 Å². The Morgan fingerprint density at radius 2 is 2.38 bits per heavy atom. The van der Waals surface area contributed by atoms with Gasteiger partial charge in [0.15, 0.2) is 0 Å². The van der Waals surface area contributed by atoms with Gasteiger partial charge in [0.2, 0.25) is 0 Å². The molecule has 0 aliphatic heterocycles. The van der Waals surface area contributed by atoms with E-state index in [0.29, 0.717) is 0 Å². The van der Waals surface area contributed by atoms with Crippen LogP contribution >= 0.6 is 0 Å². The van der Waals surface area contributed by atoms with Crippen molar-refractivity contribution in [2.24, 2.45) is 5.16 Å². The Morgan fingerprint density at radius 3 is 2.75 bits per heavy atom. The highest BCUT2D eigenvalue weighted by molar-refractivity contribution is 6.24. The average molecular weight is 131 g/mol. The molecule has 0 aliphatic carbocycles. The van der Waals surface area contributed by atoms with E-state index in [2.05, 4.69) is 18.6 Å². The van der Waals surface area contributed by atoms with Gasteiger partial charge in [0.25, 0.3) is 9.76 Å². The maximum absolute atomic E-state index is 4.91. The number of nitrogens with zero attached hydrogens (tertiary/aromatic N) is 1. The van der Waals surface area contributed by atoms with Crippen molar-refractivity contribution in [3.05, 3.63) is 0 Å². The zero-order valence-electron chi connectivity index (χ0n) is 5.77. The van der Waals surface area contributed by atoms with Gasteiger partial charge in [-0.1, -0.05) is 6.92 Å². The Balaban J connectivity index is 3.26. The predicted molar refractivity (Wildman–Crippen MR) is 38.9 cm³/mol. The highest BCUT2D eigenvalue weighted by Gasteiger charge is 1.81. The Bertz CT molecular complexity index is 82.5. The van der Waals surface area contributed by atoms with E-state index in [-0.39, 0.29) is 9.76 Å². The molecule has 0 aromatic heterocycles. The normalized spacial score (nSPS) is 13.1. The van der Waals surface area contributed by atoms with E-state index in [1.54, 1.807) is 0 Å². The highest BCUT2D eigenvalue weighted by Crippen LogP contribution is 1.83. The third kappa shape index (κ3) is 3.86. The van der Waals surface area contributed by atoms with Crippen LogP contribution in [0.1, 0.15) is 20.3 Å². The van der Waals surface area contributed by atoms with Gasteiger partial charge in [0, 0.05) is 0 Å². The van der Waals surface area contributed by atoms with Gasteiger partial charge in [-0.2, -0.15) is 0 Å². The summed E-state index contributed by atoms with van der Waals surface area (Å²) in [5.41, 5.74) is 1.08. The zero-order valence-corrected chi connectivity index (χ0v) is 7.18. The van der Waals surface area contributed by atoms with Gasteiger partial charge in [0.1, 0.15) is 0 Å². The van der Waals surface area contributed by atoms with Gasteiger partial charge >= 0.3 is 0 Å². The number of oxime groups is 1. The molecule has 0 aromatic carbocycles. The Kier molecular flexibility index (Phi) is 4.65. The molecule has 0 aromatic rings. The summed E-state index contributed by atoms with van der Waals surface area (Å²) < 4.78 is 4.91. The summed E-state index contributed by atoms with van der Waals surface area (Å²) in [6.07, 6.45) is 0.994. The third-order valence-corrected chi connectivity index (χ3v) is 1.25. The Hall–Kier alpha value is -0.313. The molecule has 0 bridgehead atoms. The summed E-state index contributed by atoms with van der Waals surface area (Å²) in [4.78, 5) is 0. The molecule has 0 saturated heterocycles. The van der Waals surface area contributed by atoms with Crippen LogP contribution in [0.4, 0.5) is 0 Å². The largest absolute Gasteiger partial charge is 0.463 e. The quantitative estimate of drug-likeness (QED) is 0.317. The summed E-state index contributed by atoms with van der Waals surface area (Å²) in [7, 11) is -0.326. The summed E-state index contributed by atoms with van der Waals surface area (Å²) in [5.74, 6) is 0. The van der Waals surface area contributed by atoms with Gasteiger partial charge in [0.05, 0.1) is 5.71 Å². The third-order valence-electron chi connectivity index (χ3n) is 0.861. The summed E-state index contributed by atoms with van der Waals surface area (Å²) in [5, 5.41) is 3.84. The van der Waals surface area contributed by atoms with E-state index in [9.17, 15) is 0 Å². The van der Waals surface area contributed by atoms with E-state index in [1.807, 2.05) is 6.92 Å². The molecule has 0 unspecified atom stereocenters. The first-order valence-electron chi connectivity index (χ1n) is 2.96. The van der Waals surface area contributed by atoms with Crippen LogP contribution in [0.3, 0.4) is 0 Å². The van der Waals surface area contributed by atoms with Crippen LogP contribution in [0.2, 0.25) is 6.55 Å². The van der Waals surface area contributed by atoms with Gasteiger partial charge in [-0.05, 0) is 19.9 Å². The molecule has 0 saturated carbocycles. The fraction of sp³-hybridized carbons (Fsp3) is 0.800. The molecule has 0 heterocycles. The molecule has 3 heteroatoms. The van der Waals surface area contributed by atoms with Gasteiger partial charge in [-0.15, -0.1) is 5.16 Å². The highest BCUT2D eigenvalue weighted by atomic mass is 28.2. The lowest BCUT2D eigenvalue weighted by molar-refractivity contribution is 0.364. The van der Waals surface area contributed by atoms with Crippen LogP contribution < -0.4 is 0 Å². The molecule has 2 nitrogen and oxygen atoms in total. The number of rotatable bonds is 3. The summed E-state index contributed by atoms with van der Waals surface area (Å²) in [6.45, 7) is 6.11. The summed E-state index contributed by atoms with van der Waals surface area (Å²) >= 11 is 0. The van der Waals surface area contributed by atoms with Crippen LogP contribution in [0.15, 0.2) is 5.16 Å². The lowest BCUT2D eigenvalue weighted by Crippen LogP contribution is -1.91. The molecule has 0 spiro atoms. The lowest BCUT2D eigenvalue weighted by atomic mass is 10.3. The van der Waals surface area contributed by atoms with Crippen LogP contribution in [0.25, 0.3) is 0 Å². The van der Waals surface area contributed by atoms with Crippen LogP contribution in [0.5, 0.6) is 0 Å². The molecule has 0 aliphatic rings. The van der Waals surface area contributed by atoms with Crippen molar-refractivity contribution >= 4 is 15.5 Å². The number of hydrogen-bond donors (Lipinski definition) is 0. The van der Waals surface area contributed by atoms with E-state index < -0.39 is 0 Å². The molecule has 48 valence electrons. The molecular formula is C5H13NOSi. The molecule has 0 N–H and O–H groups in total. The van der Waals surface area contributed by atoms with E-state index in [0.717, 1.165) is 12.1 Å². The second-order valence-electron chi connectivity index (χ2n) is 1.60. The van der Waals surface area contributed by atoms with Crippen molar-refractivity contribution in [1.29, 1.82) is 0 Å². The van der Waals surface area contributed by atoms with Crippen LogP contribution in [-0.2, 0) is 4.53 Å². The Morgan fingerprint density at radius 1 is 1.75 bits per heavy atom. The molecule has 0 radical (unpaired) electrons. The standard InChI is InChI=1S/C5H13NOSi/c1-4-5(2)6-7-8-3/h4,8H2,1-3H3/b6-5+. The number of hydrogen-bond acceptors (Lipinski definition) is 2. The fourth-order valence-corrected chi connectivity index (χ4v) is 0.589. The van der Waals surface area contributed by atoms with Crippen molar-refractivity contribution in [1.82, 2.24) is 0 Å². The molecular weight excluding hydrogens is 118 g/mol. The van der Waals surface area contributed by atoms with E-state index >= 15 is 0 Å². The molecule has 0 rings (SSSR count). The second kappa shape index (κ2) is 4.84. The van der Waals surface area contributed by atoms with Crippen molar-refractivity contribution < 1.29 is 4.53 Å². The average Bonchev–Trinajstić information content (AvgIpc) is 1.83. The van der Waals surface area contributed by atoms with Crippen molar-refractivity contribution in [3.63, 3.8) is 0 Å². The lowest BCUT2D eigenvalue weighted by Gasteiger charge is -1.93. The van der Waals surface area contributed by atoms with Gasteiger partial charge in [-0.25, -0.2) is 0 Å². The van der Waals surface area contributed by atoms with E-state index in [1.165, 1.54) is 0 Å². The maximum Gasteiger partial charge on any atom is 0.254 e. The molecule has 8 heavy (non-hydrogen) atoms. The molecule has 0 atom stereocenters. The zero-order chi connectivity index (χ0) is 6.41. The monoisotopic (exact) mass is 131 g/mol. The smallest absolute Gasteiger partial charge is 0.254 e. The first-order valence-corrected chi connectivity index (χ1v) is 4.95. The van der Waals surface area contributed by atoms with Crippen molar-refractivity contribution in [2.45, 2.75) is 26.8 Å². The minimum absolute atomic E-state index is 0.326. The first kappa shape index (κ1) is 7.69.